The van der Waals surface area contributed by atoms with Gasteiger partial charge >= 0.3 is 12.1 Å². The molecule has 1 heterocycles. The summed E-state index contributed by atoms with van der Waals surface area (Å²) < 4.78 is 9.94. The molecule has 106 valence electrons. The fourth-order valence-corrected chi connectivity index (χ4v) is 1.87. The number of benzene rings is 1. The molecular weight excluding hydrogens is 266 g/mol. The molecule has 1 aromatic carbocycles. The van der Waals surface area contributed by atoms with Gasteiger partial charge in [0, 0.05) is 5.56 Å². The lowest BCUT2D eigenvalue weighted by molar-refractivity contribution is -0.137. The van der Waals surface area contributed by atoms with Gasteiger partial charge in [0.1, 0.15) is 12.4 Å². The normalized spacial score (nSPS) is 13.2. The zero-order valence-corrected chi connectivity index (χ0v) is 10.8. The Labute approximate surface area is 114 Å². The van der Waals surface area contributed by atoms with E-state index in [1.54, 1.807) is 6.92 Å². The molecule has 0 fully saturated rings. The fraction of sp³-hybridized carbons (Fsp3) is 0.308. The van der Waals surface area contributed by atoms with E-state index in [1.807, 2.05) is 0 Å². The van der Waals surface area contributed by atoms with Crippen molar-refractivity contribution in [3.05, 3.63) is 23.8 Å². The van der Waals surface area contributed by atoms with Gasteiger partial charge in [0.15, 0.2) is 0 Å². The lowest BCUT2D eigenvalue weighted by Crippen LogP contribution is -2.37. The van der Waals surface area contributed by atoms with Crippen LogP contribution in [0, 0.1) is 0 Å². The summed E-state index contributed by atoms with van der Waals surface area (Å²) in [5.41, 5.74) is 0.317. The van der Waals surface area contributed by atoms with Gasteiger partial charge in [-0.25, -0.2) is 9.59 Å². The maximum atomic E-state index is 11.8. The van der Waals surface area contributed by atoms with E-state index in [-0.39, 0.29) is 31.0 Å². The largest absolute Gasteiger partial charge is 0.490 e. The van der Waals surface area contributed by atoms with Crippen molar-refractivity contribution in [3.8, 4) is 5.75 Å². The van der Waals surface area contributed by atoms with E-state index in [4.69, 9.17) is 9.84 Å². The van der Waals surface area contributed by atoms with Gasteiger partial charge in [-0.2, -0.15) is 0 Å². The van der Waals surface area contributed by atoms with Gasteiger partial charge in [0.05, 0.1) is 18.8 Å². The minimum absolute atomic E-state index is 0.0685. The molecule has 0 radical (unpaired) electrons. The third kappa shape index (κ3) is 2.56. The predicted molar refractivity (Wildman–Crippen MR) is 68.3 cm³/mol. The number of Topliss-reactive ketones (excluding diaryl/α,β-unsaturated/α-hetero) is 1. The predicted octanol–water partition coefficient (Wildman–Crippen LogP) is 1.31. The number of ether oxygens (including phenoxy) is 2. The summed E-state index contributed by atoms with van der Waals surface area (Å²) in [7, 11) is 0. The molecule has 0 saturated heterocycles. The third-order valence-electron chi connectivity index (χ3n) is 2.78. The summed E-state index contributed by atoms with van der Waals surface area (Å²) in [4.78, 5) is 35.4. The van der Waals surface area contributed by atoms with Crippen molar-refractivity contribution < 1.29 is 29.0 Å². The summed E-state index contributed by atoms with van der Waals surface area (Å²) in [5, 5.41) is 9.10. The van der Waals surface area contributed by atoms with Gasteiger partial charge in [0.25, 0.3) is 5.78 Å². The SMILES string of the molecule is CCOC(=O)C(=O)c1ccc2c(c1)N(C(=O)O)CCO2. The fourth-order valence-electron chi connectivity index (χ4n) is 1.87. The molecule has 1 aromatic rings. The Hall–Kier alpha value is -2.57. The van der Waals surface area contributed by atoms with Gasteiger partial charge in [0.2, 0.25) is 0 Å². The summed E-state index contributed by atoms with van der Waals surface area (Å²) in [6, 6.07) is 4.20. The quantitative estimate of drug-likeness (QED) is 0.509. The van der Waals surface area contributed by atoms with Gasteiger partial charge < -0.3 is 14.6 Å². The molecule has 0 aromatic heterocycles. The van der Waals surface area contributed by atoms with Crippen LogP contribution in [0.1, 0.15) is 17.3 Å². The molecule has 0 saturated carbocycles. The van der Waals surface area contributed by atoms with E-state index in [0.717, 1.165) is 4.90 Å². The lowest BCUT2D eigenvalue weighted by Gasteiger charge is -2.27. The number of nitrogens with zero attached hydrogens (tertiary/aromatic N) is 1. The van der Waals surface area contributed by atoms with E-state index in [1.165, 1.54) is 18.2 Å². The van der Waals surface area contributed by atoms with Crippen LogP contribution in [0.15, 0.2) is 18.2 Å². The molecule has 1 amide bonds. The van der Waals surface area contributed by atoms with Crippen molar-refractivity contribution in [3.63, 3.8) is 0 Å². The number of hydrogen-bond acceptors (Lipinski definition) is 5. The summed E-state index contributed by atoms with van der Waals surface area (Å²) in [5.74, 6) is -1.42. The van der Waals surface area contributed by atoms with E-state index in [9.17, 15) is 14.4 Å². The van der Waals surface area contributed by atoms with Gasteiger partial charge in [-0.15, -0.1) is 0 Å². The molecule has 2 rings (SSSR count). The average molecular weight is 279 g/mol. The Morgan fingerprint density at radius 1 is 1.40 bits per heavy atom. The number of anilines is 1. The van der Waals surface area contributed by atoms with Crippen LogP contribution in [0.3, 0.4) is 0 Å². The summed E-state index contributed by atoms with van der Waals surface area (Å²) >= 11 is 0. The van der Waals surface area contributed by atoms with Crippen molar-refractivity contribution in [2.75, 3.05) is 24.7 Å². The molecule has 7 nitrogen and oxygen atoms in total. The van der Waals surface area contributed by atoms with Crippen molar-refractivity contribution in [2.45, 2.75) is 6.92 Å². The van der Waals surface area contributed by atoms with E-state index < -0.39 is 17.8 Å². The highest BCUT2D eigenvalue weighted by Crippen LogP contribution is 2.32. The molecule has 0 aliphatic carbocycles. The first kappa shape index (κ1) is 13.9. The maximum Gasteiger partial charge on any atom is 0.412 e. The van der Waals surface area contributed by atoms with Crippen LogP contribution in [-0.2, 0) is 9.53 Å². The van der Waals surface area contributed by atoms with Crippen LogP contribution in [0.5, 0.6) is 5.75 Å². The molecule has 0 spiro atoms. The minimum atomic E-state index is -1.14. The zero-order chi connectivity index (χ0) is 14.7. The Morgan fingerprint density at radius 2 is 2.15 bits per heavy atom. The average Bonchev–Trinajstić information content (AvgIpc) is 2.45. The van der Waals surface area contributed by atoms with Crippen molar-refractivity contribution >= 4 is 23.5 Å². The van der Waals surface area contributed by atoms with Crippen molar-refractivity contribution in [2.24, 2.45) is 0 Å². The molecule has 1 aliphatic heterocycles. The second kappa shape index (κ2) is 5.60. The Bertz CT molecular complexity index is 568. The lowest BCUT2D eigenvalue weighted by atomic mass is 10.1. The number of carbonyl (C=O) groups is 3. The molecule has 0 unspecified atom stereocenters. The number of ketones is 1. The van der Waals surface area contributed by atoms with E-state index in [0.29, 0.717) is 5.75 Å². The molecule has 0 atom stereocenters. The van der Waals surface area contributed by atoms with Crippen molar-refractivity contribution in [1.82, 2.24) is 0 Å². The van der Waals surface area contributed by atoms with E-state index >= 15 is 0 Å². The zero-order valence-electron chi connectivity index (χ0n) is 10.8. The van der Waals surface area contributed by atoms with Gasteiger partial charge in [-0.1, -0.05) is 0 Å². The number of amides is 1. The molecular formula is C13H13NO6. The highest BCUT2D eigenvalue weighted by molar-refractivity contribution is 6.40. The standard InChI is InChI=1S/C13H13NO6/c1-2-19-12(16)11(15)8-3-4-10-9(7-8)14(13(17)18)5-6-20-10/h3-4,7H,2,5-6H2,1H3,(H,17,18). The van der Waals surface area contributed by atoms with Crippen molar-refractivity contribution in [1.29, 1.82) is 0 Å². The van der Waals surface area contributed by atoms with Crippen LogP contribution < -0.4 is 9.64 Å². The van der Waals surface area contributed by atoms with Gasteiger partial charge in [-0.3, -0.25) is 9.69 Å². The second-order valence-corrected chi connectivity index (χ2v) is 4.01. The van der Waals surface area contributed by atoms with E-state index in [2.05, 4.69) is 4.74 Å². The first-order chi connectivity index (χ1) is 9.54. The first-order valence-corrected chi connectivity index (χ1v) is 6.03. The van der Waals surface area contributed by atoms with Gasteiger partial charge in [-0.05, 0) is 25.1 Å². The molecule has 1 aliphatic rings. The Balaban J connectivity index is 2.35. The maximum absolute atomic E-state index is 11.8. The Kier molecular flexibility index (Phi) is 3.88. The highest BCUT2D eigenvalue weighted by Gasteiger charge is 2.26. The van der Waals surface area contributed by atoms with Crippen LogP contribution in [-0.4, -0.2) is 42.7 Å². The molecule has 20 heavy (non-hydrogen) atoms. The number of fused-ring (bicyclic) bond motifs is 1. The van der Waals surface area contributed by atoms with Crippen LogP contribution in [0.2, 0.25) is 0 Å². The number of esters is 1. The second-order valence-electron chi connectivity index (χ2n) is 4.01. The summed E-state index contributed by atoms with van der Waals surface area (Å²) in [6.45, 7) is 2.10. The molecule has 0 bridgehead atoms. The molecule has 1 N–H and O–H groups in total. The van der Waals surface area contributed by atoms with Crippen LogP contribution >= 0.6 is 0 Å². The third-order valence-corrected chi connectivity index (χ3v) is 2.78. The number of hydrogen-bond donors (Lipinski definition) is 1. The Morgan fingerprint density at radius 3 is 2.80 bits per heavy atom. The topological polar surface area (TPSA) is 93.1 Å². The monoisotopic (exact) mass is 279 g/mol. The van der Waals surface area contributed by atoms with Crippen LogP contribution in [0.25, 0.3) is 0 Å². The number of rotatable bonds is 3. The minimum Gasteiger partial charge on any atom is -0.490 e. The van der Waals surface area contributed by atoms with Crippen LogP contribution in [0.4, 0.5) is 10.5 Å². The smallest absolute Gasteiger partial charge is 0.412 e. The highest BCUT2D eigenvalue weighted by atomic mass is 16.5. The molecule has 7 heteroatoms. The number of carboxylic acid groups (broad SMARTS) is 1. The first-order valence-electron chi connectivity index (χ1n) is 6.03. The number of carbonyl (C=O) groups excluding carboxylic acids is 2. The summed E-state index contributed by atoms with van der Waals surface area (Å²) in [6.07, 6.45) is -1.14.